The number of hydrogen-bond donors (Lipinski definition) is 2. The highest BCUT2D eigenvalue weighted by molar-refractivity contribution is 5.94. The molecule has 0 radical (unpaired) electrons. The van der Waals surface area contributed by atoms with Gasteiger partial charge in [0.05, 0.1) is 12.8 Å². The summed E-state index contributed by atoms with van der Waals surface area (Å²) in [5.74, 6) is 0.591. The lowest BCUT2D eigenvalue weighted by Gasteiger charge is -2.25. The summed E-state index contributed by atoms with van der Waals surface area (Å²) < 4.78 is 5.14. The minimum Gasteiger partial charge on any atom is -0.497 e. The largest absolute Gasteiger partial charge is 0.497 e. The lowest BCUT2D eigenvalue weighted by atomic mass is 10.1. The first-order valence-electron chi connectivity index (χ1n) is 7.86. The number of methoxy groups -OCH3 is 1. The van der Waals surface area contributed by atoms with Crippen LogP contribution in [0.15, 0.2) is 30.3 Å². The molecular weight excluding hydrogens is 308 g/mol. The Kier molecular flexibility index (Phi) is 4.50. The van der Waals surface area contributed by atoms with Crippen LogP contribution < -0.4 is 10.1 Å². The quantitative estimate of drug-likeness (QED) is 0.892. The Bertz CT molecular complexity index is 739. The van der Waals surface area contributed by atoms with Crippen molar-refractivity contribution >= 4 is 11.8 Å². The van der Waals surface area contributed by atoms with E-state index in [-0.39, 0.29) is 17.9 Å². The van der Waals surface area contributed by atoms with Crippen LogP contribution in [0.2, 0.25) is 0 Å². The van der Waals surface area contributed by atoms with Gasteiger partial charge in [-0.2, -0.15) is 5.10 Å². The normalized spacial score (nSPS) is 18.0. The smallest absolute Gasteiger partial charge is 0.272 e. The van der Waals surface area contributed by atoms with Crippen molar-refractivity contribution in [3.8, 4) is 17.0 Å². The molecule has 1 aromatic heterocycles. The lowest BCUT2D eigenvalue weighted by molar-refractivity contribution is -0.120. The molecular formula is C17H20N4O3. The third-order valence-electron chi connectivity index (χ3n) is 4.16. The molecule has 2 aromatic rings. The highest BCUT2D eigenvalue weighted by Gasteiger charge is 2.26. The molecule has 7 heteroatoms. The summed E-state index contributed by atoms with van der Waals surface area (Å²) in [5, 5.41) is 9.83. The maximum Gasteiger partial charge on any atom is 0.272 e. The van der Waals surface area contributed by atoms with Crippen molar-refractivity contribution in [2.75, 3.05) is 20.2 Å². The van der Waals surface area contributed by atoms with Crippen LogP contribution in [-0.2, 0) is 4.79 Å². The molecule has 0 bridgehead atoms. The summed E-state index contributed by atoms with van der Waals surface area (Å²) in [6, 6.07) is 9.15. The van der Waals surface area contributed by atoms with Gasteiger partial charge in [-0.15, -0.1) is 0 Å². The van der Waals surface area contributed by atoms with Crippen molar-refractivity contribution in [3.63, 3.8) is 0 Å². The van der Waals surface area contributed by atoms with E-state index >= 15 is 0 Å². The molecule has 1 atom stereocenters. The molecule has 0 unspecified atom stereocenters. The number of hydrogen-bond acceptors (Lipinski definition) is 4. The standard InChI is InChI=1S/C17H20N4O3/c1-11-10-18-16(22)7-8-21(11)17(23)15-9-14(19-20-15)12-3-5-13(24-2)6-4-12/h3-6,9,11H,7-8,10H2,1-2H3,(H,18,22)(H,19,20)/t11-/m0/s1. The number of nitrogens with one attached hydrogen (secondary N) is 2. The van der Waals surface area contributed by atoms with E-state index in [1.165, 1.54) is 0 Å². The molecule has 2 amide bonds. The van der Waals surface area contributed by atoms with Crippen molar-refractivity contribution in [2.24, 2.45) is 0 Å². The van der Waals surface area contributed by atoms with Crippen LogP contribution in [0.3, 0.4) is 0 Å². The summed E-state index contributed by atoms with van der Waals surface area (Å²) in [4.78, 5) is 25.9. The monoisotopic (exact) mass is 328 g/mol. The molecule has 126 valence electrons. The van der Waals surface area contributed by atoms with Crippen LogP contribution in [0, 0.1) is 0 Å². The number of amides is 2. The zero-order chi connectivity index (χ0) is 17.1. The van der Waals surface area contributed by atoms with E-state index in [0.717, 1.165) is 11.3 Å². The van der Waals surface area contributed by atoms with Gasteiger partial charge in [0.1, 0.15) is 11.4 Å². The first-order chi connectivity index (χ1) is 11.6. The summed E-state index contributed by atoms with van der Waals surface area (Å²) in [5.41, 5.74) is 2.01. The molecule has 3 rings (SSSR count). The summed E-state index contributed by atoms with van der Waals surface area (Å²) >= 11 is 0. The van der Waals surface area contributed by atoms with E-state index in [0.29, 0.717) is 30.9 Å². The van der Waals surface area contributed by atoms with E-state index < -0.39 is 0 Å². The molecule has 0 spiro atoms. The van der Waals surface area contributed by atoms with Gasteiger partial charge < -0.3 is 15.0 Å². The number of carbonyl (C=O) groups is 2. The van der Waals surface area contributed by atoms with Crippen molar-refractivity contribution in [1.29, 1.82) is 0 Å². The third kappa shape index (κ3) is 3.24. The molecule has 1 aromatic carbocycles. The number of ether oxygens (including phenoxy) is 1. The van der Waals surface area contributed by atoms with Gasteiger partial charge in [0.25, 0.3) is 5.91 Å². The Balaban J connectivity index is 1.78. The van der Waals surface area contributed by atoms with Crippen molar-refractivity contribution in [1.82, 2.24) is 20.4 Å². The number of carbonyl (C=O) groups excluding carboxylic acids is 2. The molecule has 1 fully saturated rings. The highest BCUT2D eigenvalue weighted by atomic mass is 16.5. The summed E-state index contributed by atoms with van der Waals surface area (Å²) in [7, 11) is 1.61. The van der Waals surface area contributed by atoms with Crippen LogP contribution in [-0.4, -0.2) is 53.2 Å². The second kappa shape index (κ2) is 6.74. The fraction of sp³-hybridized carbons (Fsp3) is 0.353. The number of nitrogens with zero attached hydrogens (tertiary/aromatic N) is 2. The average molecular weight is 328 g/mol. The maximum absolute atomic E-state index is 12.7. The SMILES string of the molecule is COc1ccc(-c2cc(C(=O)N3CCC(=O)NC[C@@H]3C)[nH]n2)cc1. The fourth-order valence-electron chi connectivity index (χ4n) is 2.70. The van der Waals surface area contributed by atoms with Gasteiger partial charge in [0, 0.05) is 31.1 Å². The number of aromatic amines is 1. The first-order valence-corrected chi connectivity index (χ1v) is 7.86. The minimum absolute atomic E-state index is 0.0271. The third-order valence-corrected chi connectivity index (χ3v) is 4.16. The second-order valence-corrected chi connectivity index (χ2v) is 5.80. The van der Waals surface area contributed by atoms with Gasteiger partial charge in [-0.05, 0) is 37.3 Å². The Morgan fingerprint density at radius 3 is 2.79 bits per heavy atom. The Labute approximate surface area is 140 Å². The van der Waals surface area contributed by atoms with E-state index in [4.69, 9.17) is 4.74 Å². The Hall–Kier alpha value is -2.83. The van der Waals surface area contributed by atoms with Crippen LogP contribution in [0.1, 0.15) is 23.8 Å². The topological polar surface area (TPSA) is 87.3 Å². The molecule has 2 N–H and O–H groups in total. The van der Waals surface area contributed by atoms with Crippen LogP contribution in [0.4, 0.5) is 0 Å². The van der Waals surface area contributed by atoms with Gasteiger partial charge in [-0.3, -0.25) is 14.7 Å². The van der Waals surface area contributed by atoms with E-state index in [9.17, 15) is 9.59 Å². The number of benzene rings is 1. The first kappa shape index (κ1) is 16.0. The van der Waals surface area contributed by atoms with Crippen LogP contribution >= 0.6 is 0 Å². The van der Waals surface area contributed by atoms with Crippen LogP contribution in [0.25, 0.3) is 11.3 Å². The van der Waals surface area contributed by atoms with Gasteiger partial charge in [0.2, 0.25) is 5.91 Å². The molecule has 7 nitrogen and oxygen atoms in total. The molecule has 1 aliphatic heterocycles. The van der Waals surface area contributed by atoms with Gasteiger partial charge >= 0.3 is 0 Å². The average Bonchev–Trinajstić information content (AvgIpc) is 3.03. The molecule has 1 aliphatic rings. The van der Waals surface area contributed by atoms with Gasteiger partial charge in [0.15, 0.2) is 0 Å². The van der Waals surface area contributed by atoms with Gasteiger partial charge in [-0.25, -0.2) is 0 Å². The minimum atomic E-state index is -0.147. The predicted molar refractivity (Wildman–Crippen MR) is 88.7 cm³/mol. The maximum atomic E-state index is 12.7. The van der Waals surface area contributed by atoms with E-state index in [1.807, 2.05) is 31.2 Å². The summed E-state index contributed by atoms with van der Waals surface area (Å²) in [6.45, 7) is 2.79. The Morgan fingerprint density at radius 2 is 2.08 bits per heavy atom. The summed E-state index contributed by atoms with van der Waals surface area (Å²) in [6.07, 6.45) is 0.315. The number of H-pyrrole nitrogens is 1. The highest BCUT2D eigenvalue weighted by Crippen LogP contribution is 2.22. The Morgan fingerprint density at radius 1 is 1.33 bits per heavy atom. The molecule has 24 heavy (non-hydrogen) atoms. The van der Waals surface area contributed by atoms with E-state index in [2.05, 4.69) is 15.5 Å². The number of rotatable bonds is 3. The zero-order valence-electron chi connectivity index (χ0n) is 13.7. The lowest BCUT2D eigenvalue weighted by Crippen LogP contribution is -2.41. The zero-order valence-corrected chi connectivity index (χ0v) is 13.7. The molecule has 0 saturated carbocycles. The molecule has 2 heterocycles. The van der Waals surface area contributed by atoms with Gasteiger partial charge in [-0.1, -0.05) is 0 Å². The van der Waals surface area contributed by atoms with E-state index in [1.54, 1.807) is 18.1 Å². The van der Waals surface area contributed by atoms with Crippen molar-refractivity contribution in [3.05, 3.63) is 36.0 Å². The van der Waals surface area contributed by atoms with Crippen molar-refractivity contribution in [2.45, 2.75) is 19.4 Å². The predicted octanol–water partition coefficient (Wildman–Crippen LogP) is 1.44. The van der Waals surface area contributed by atoms with Crippen molar-refractivity contribution < 1.29 is 14.3 Å². The fourth-order valence-corrected chi connectivity index (χ4v) is 2.70. The second-order valence-electron chi connectivity index (χ2n) is 5.80. The number of aromatic nitrogens is 2. The van der Waals surface area contributed by atoms with Crippen LogP contribution in [0.5, 0.6) is 5.75 Å². The molecule has 0 aliphatic carbocycles. The molecule has 1 saturated heterocycles.